The largest absolute Gasteiger partial charge is 0.481 e. The van der Waals surface area contributed by atoms with Crippen LogP contribution in [0.2, 0.25) is 0 Å². The van der Waals surface area contributed by atoms with Crippen LogP contribution in [0.1, 0.15) is 122 Å². The van der Waals surface area contributed by atoms with Crippen LogP contribution in [0.15, 0.2) is 0 Å². The van der Waals surface area contributed by atoms with Crippen LogP contribution in [0.5, 0.6) is 0 Å². The molecule has 0 spiro atoms. The van der Waals surface area contributed by atoms with Crippen LogP contribution in [0, 0.1) is 16.7 Å². The van der Waals surface area contributed by atoms with Crippen LogP contribution in [0.25, 0.3) is 0 Å². The van der Waals surface area contributed by atoms with Crippen LogP contribution in [0.3, 0.4) is 0 Å². The van der Waals surface area contributed by atoms with Gasteiger partial charge in [0.1, 0.15) is 30.5 Å². The number of hydrogen-bond acceptors (Lipinski definition) is 16. The summed E-state index contributed by atoms with van der Waals surface area (Å²) in [5.74, 6) is -3.19. The summed E-state index contributed by atoms with van der Waals surface area (Å²) >= 11 is 0. The number of aliphatic hydroxyl groups excluding tert-OH is 15. The van der Waals surface area contributed by atoms with Crippen LogP contribution < -0.4 is 0 Å². The molecular formula is C38H76O17. The predicted octanol–water partition coefficient (Wildman–Crippen LogP) is -1.73. The lowest BCUT2D eigenvalue weighted by Crippen LogP contribution is -2.61. The van der Waals surface area contributed by atoms with E-state index >= 15 is 0 Å². The molecule has 11 atom stereocenters. The van der Waals surface area contributed by atoms with E-state index in [2.05, 4.69) is 6.92 Å². The summed E-state index contributed by atoms with van der Waals surface area (Å²) in [6.07, 6.45) is -12.9. The third-order valence-electron chi connectivity index (χ3n) is 11.5. The Morgan fingerprint density at radius 1 is 0.418 bits per heavy atom. The Labute approximate surface area is 325 Å². The standard InChI is InChI=1S/C38H76O17/c1-2-3-4-5-6-7-8-9-10-11-12-13-14-25(15-26(44)31(49)20-39)37(16-27(45)32(50)21-40,17-28(46)33(51)22-41)38(36(54)55,18-29(47)34(52)23-42)19-30(48)35(53)24-43/h25-35,39-53H,2-24H2,1H3,(H,54,55)/t25?,26-,27-,28-,29-,30-,31+,32+,33+,34+,35+/m0/s1. The lowest BCUT2D eigenvalue weighted by atomic mass is 9.47. The molecule has 0 aliphatic rings. The lowest BCUT2D eigenvalue weighted by molar-refractivity contribution is -0.199. The Balaban J connectivity index is 7.53. The van der Waals surface area contributed by atoms with Gasteiger partial charge >= 0.3 is 5.97 Å². The fourth-order valence-electron chi connectivity index (χ4n) is 7.99. The molecule has 1 unspecified atom stereocenters. The Morgan fingerprint density at radius 3 is 1.02 bits per heavy atom. The monoisotopic (exact) mass is 805 g/mol. The molecule has 17 heteroatoms. The molecule has 0 saturated heterocycles. The summed E-state index contributed by atoms with van der Waals surface area (Å²) in [6, 6.07) is 0. The van der Waals surface area contributed by atoms with Crippen molar-refractivity contribution in [3.63, 3.8) is 0 Å². The molecular weight excluding hydrogens is 728 g/mol. The van der Waals surface area contributed by atoms with Crippen molar-refractivity contribution < 1.29 is 86.5 Å². The highest BCUT2D eigenvalue weighted by Gasteiger charge is 2.63. The van der Waals surface area contributed by atoms with E-state index in [-0.39, 0.29) is 6.42 Å². The van der Waals surface area contributed by atoms with Gasteiger partial charge in [-0.1, -0.05) is 84.0 Å². The Hall–Kier alpha value is -1.13. The molecule has 0 aromatic rings. The maximum Gasteiger partial charge on any atom is 0.310 e. The van der Waals surface area contributed by atoms with E-state index in [1.54, 1.807) is 0 Å². The molecule has 0 saturated carbocycles. The molecule has 0 aliphatic heterocycles. The number of carboxylic acid groups (broad SMARTS) is 1. The lowest BCUT2D eigenvalue weighted by Gasteiger charge is -2.56. The minimum atomic E-state index is -2.75. The van der Waals surface area contributed by atoms with Gasteiger partial charge in [-0.15, -0.1) is 0 Å². The molecule has 55 heavy (non-hydrogen) atoms. The highest BCUT2D eigenvalue weighted by Crippen LogP contribution is 2.60. The highest BCUT2D eigenvalue weighted by molar-refractivity contribution is 5.76. The van der Waals surface area contributed by atoms with E-state index in [1.165, 1.54) is 25.7 Å². The molecule has 330 valence electrons. The number of aliphatic carboxylic acids is 1. The number of hydrogen-bond donors (Lipinski definition) is 16. The van der Waals surface area contributed by atoms with Gasteiger partial charge in [-0.25, -0.2) is 0 Å². The molecule has 0 aliphatic carbocycles. The summed E-state index contributed by atoms with van der Waals surface area (Å²) < 4.78 is 0. The molecule has 0 bridgehead atoms. The number of unbranched alkanes of at least 4 members (excludes halogenated alkanes) is 11. The predicted molar refractivity (Wildman–Crippen MR) is 200 cm³/mol. The summed E-state index contributed by atoms with van der Waals surface area (Å²) in [6.45, 7) is -3.03. The smallest absolute Gasteiger partial charge is 0.310 e. The third kappa shape index (κ3) is 17.7. The average Bonchev–Trinajstić information content (AvgIpc) is 3.17. The fourth-order valence-corrected chi connectivity index (χ4v) is 7.99. The van der Waals surface area contributed by atoms with Gasteiger partial charge < -0.3 is 81.7 Å². The molecule has 0 rings (SSSR count). The summed E-state index contributed by atoms with van der Waals surface area (Å²) in [7, 11) is 0. The molecule has 0 radical (unpaired) electrons. The van der Waals surface area contributed by atoms with Gasteiger partial charge in [-0.3, -0.25) is 4.79 Å². The maximum atomic E-state index is 13.9. The molecule has 0 aromatic heterocycles. The summed E-state index contributed by atoms with van der Waals surface area (Å²) in [4.78, 5) is 13.9. The Bertz CT molecular complexity index is 924. The summed E-state index contributed by atoms with van der Waals surface area (Å²) in [5, 5.41) is 169. The normalized spacial score (nSPS) is 18.8. The van der Waals surface area contributed by atoms with Crippen molar-refractivity contribution in [2.75, 3.05) is 33.0 Å². The Morgan fingerprint density at radius 2 is 0.709 bits per heavy atom. The van der Waals surface area contributed by atoms with Crippen LogP contribution in [0.4, 0.5) is 0 Å². The van der Waals surface area contributed by atoms with Crippen molar-refractivity contribution in [3.05, 3.63) is 0 Å². The van der Waals surface area contributed by atoms with Gasteiger partial charge in [0.05, 0.1) is 69.0 Å². The van der Waals surface area contributed by atoms with Crippen molar-refractivity contribution in [2.24, 2.45) is 16.7 Å². The van der Waals surface area contributed by atoms with Gasteiger partial charge in [-0.05, 0) is 49.9 Å². The van der Waals surface area contributed by atoms with Crippen LogP contribution >= 0.6 is 0 Å². The maximum absolute atomic E-state index is 13.9. The number of aliphatic hydroxyl groups is 15. The zero-order valence-electron chi connectivity index (χ0n) is 32.7. The second-order valence-corrected chi connectivity index (χ2v) is 15.6. The van der Waals surface area contributed by atoms with Crippen molar-refractivity contribution in [2.45, 2.75) is 184 Å². The van der Waals surface area contributed by atoms with Gasteiger partial charge in [0.15, 0.2) is 0 Å². The van der Waals surface area contributed by atoms with E-state index in [4.69, 9.17) is 0 Å². The van der Waals surface area contributed by atoms with Crippen molar-refractivity contribution in [1.82, 2.24) is 0 Å². The molecule has 0 fully saturated rings. The van der Waals surface area contributed by atoms with E-state index in [0.717, 1.165) is 38.5 Å². The van der Waals surface area contributed by atoms with Crippen molar-refractivity contribution in [3.8, 4) is 0 Å². The van der Waals surface area contributed by atoms with E-state index in [1.807, 2.05) is 0 Å². The second-order valence-electron chi connectivity index (χ2n) is 15.6. The Kier molecular flexibility index (Phi) is 28.5. The minimum absolute atomic E-state index is 0.0527. The van der Waals surface area contributed by atoms with Crippen molar-refractivity contribution >= 4 is 5.97 Å². The highest BCUT2D eigenvalue weighted by atomic mass is 16.4. The number of carbonyl (C=O) groups is 1. The quantitative estimate of drug-likeness (QED) is 0.0313. The van der Waals surface area contributed by atoms with E-state index in [0.29, 0.717) is 12.8 Å². The van der Waals surface area contributed by atoms with Gasteiger partial charge in [0.2, 0.25) is 0 Å². The number of carboxylic acids is 1. The molecule has 0 aromatic carbocycles. The first-order valence-electron chi connectivity index (χ1n) is 20.1. The first kappa shape index (κ1) is 53.9. The SMILES string of the molecule is CCCCCCCCCCCCCCC(C[C@H](O)[C@H](O)CO)C(C[C@H](O)[C@H](O)CO)(C[C@H](O)[C@H](O)CO)C(C[C@H](O)[C@H](O)CO)(C[C@H](O)[C@H](O)CO)C(=O)O. The first-order valence-corrected chi connectivity index (χ1v) is 20.1. The van der Waals surface area contributed by atoms with Gasteiger partial charge in [0.25, 0.3) is 0 Å². The van der Waals surface area contributed by atoms with Gasteiger partial charge in [0, 0.05) is 0 Å². The molecule has 0 amide bonds. The fraction of sp³-hybridized carbons (Fsp3) is 0.974. The summed E-state index contributed by atoms with van der Waals surface area (Å²) in [5.41, 5.74) is -5.11. The number of rotatable bonds is 36. The van der Waals surface area contributed by atoms with E-state index in [9.17, 15) is 86.5 Å². The minimum Gasteiger partial charge on any atom is -0.481 e. The average molecular weight is 805 g/mol. The molecule has 16 N–H and O–H groups in total. The van der Waals surface area contributed by atoms with Crippen molar-refractivity contribution in [1.29, 1.82) is 0 Å². The molecule has 17 nitrogen and oxygen atoms in total. The zero-order chi connectivity index (χ0) is 42.2. The topological polar surface area (TPSA) is 341 Å². The first-order chi connectivity index (χ1) is 26.0. The third-order valence-corrected chi connectivity index (χ3v) is 11.5. The van der Waals surface area contributed by atoms with Crippen LogP contribution in [-0.4, -0.2) is 182 Å². The molecule has 0 heterocycles. The van der Waals surface area contributed by atoms with Gasteiger partial charge in [-0.2, -0.15) is 0 Å². The van der Waals surface area contributed by atoms with E-state index < -0.39 is 149 Å². The second kappa shape index (κ2) is 29.1. The zero-order valence-corrected chi connectivity index (χ0v) is 32.7. The van der Waals surface area contributed by atoms with Crippen LogP contribution in [-0.2, 0) is 4.79 Å².